The van der Waals surface area contributed by atoms with E-state index >= 15 is 0 Å². The summed E-state index contributed by atoms with van der Waals surface area (Å²) < 4.78 is 0. The Morgan fingerprint density at radius 2 is 0.963 bits per heavy atom. The van der Waals surface area contributed by atoms with Crippen LogP contribution >= 0.6 is 11.8 Å². The molecule has 0 N–H and O–H groups in total. The summed E-state index contributed by atoms with van der Waals surface area (Å²) in [5.74, 6) is 1.25. The molecule has 0 saturated heterocycles. The molecule has 0 amide bonds. The highest BCUT2D eigenvalue weighted by atomic mass is 32.2. The Morgan fingerprint density at radius 1 is 0.593 bits per heavy atom. The van der Waals surface area contributed by atoms with E-state index in [4.69, 9.17) is 0 Å². The Hall–Kier alpha value is -0.500. The van der Waals surface area contributed by atoms with Crippen LogP contribution in [-0.4, -0.2) is 10.7 Å². The van der Waals surface area contributed by atoms with E-state index in [1.807, 2.05) is 11.8 Å². The number of hydrogen-bond donors (Lipinski definition) is 0. The topological polar surface area (TPSA) is 12.9 Å². The number of aromatic nitrogens is 1. The molecular weight excluding hydrogens is 346 g/mol. The number of pyridine rings is 1. The molecule has 0 aliphatic carbocycles. The van der Waals surface area contributed by atoms with Gasteiger partial charge in [0.1, 0.15) is 0 Å². The number of rotatable bonds is 18. The van der Waals surface area contributed by atoms with Crippen molar-refractivity contribution >= 4 is 11.8 Å². The van der Waals surface area contributed by atoms with E-state index in [2.05, 4.69) is 37.9 Å². The number of unbranched alkanes of at least 4 members (excludes halogenated alkanes) is 15. The summed E-state index contributed by atoms with van der Waals surface area (Å²) in [7, 11) is 0. The molecular formula is C25H45NS. The van der Waals surface area contributed by atoms with Crippen molar-refractivity contribution in [3.63, 3.8) is 0 Å². The van der Waals surface area contributed by atoms with Gasteiger partial charge < -0.3 is 0 Å². The van der Waals surface area contributed by atoms with Crippen LogP contribution in [0.2, 0.25) is 0 Å². The maximum Gasteiger partial charge on any atom is 0.0387 e. The first kappa shape index (κ1) is 24.5. The van der Waals surface area contributed by atoms with Crippen molar-refractivity contribution in [1.29, 1.82) is 0 Å². The zero-order valence-corrected chi connectivity index (χ0v) is 19.3. The van der Waals surface area contributed by atoms with Crippen molar-refractivity contribution in [3.05, 3.63) is 23.5 Å². The van der Waals surface area contributed by atoms with E-state index in [1.165, 1.54) is 113 Å². The summed E-state index contributed by atoms with van der Waals surface area (Å²) in [5.41, 5.74) is 2.29. The van der Waals surface area contributed by atoms with E-state index in [0.717, 1.165) is 11.4 Å². The third kappa shape index (κ3) is 15.1. The number of aryl methyl sites for hydroxylation is 2. The first-order valence-electron chi connectivity index (χ1n) is 11.8. The Labute approximate surface area is 174 Å². The lowest BCUT2D eigenvalue weighted by molar-refractivity contribution is 0.531. The van der Waals surface area contributed by atoms with Gasteiger partial charge in [0.15, 0.2) is 0 Å². The second kappa shape index (κ2) is 17.6. The van der Waals surface area contributed by atoms with E-state index in [9.17, 15) is 0 Å². The van der Waals surface area contributed by atoms with Gasteiger partial charge in [0.25, 0.3) is 0 Å². The van der Waals surface area contributed by atoms with E-state index in [0.29, 0.717) is 0 Å². The molecule has 0 atom stereocenters. The van der Waals surface area contributed by atoms with Crippen LogP contribution in [0.5, 0.6) is 0 Å². The third-order valence-corrected chi connectivity index (χ3v) is 6.38. The zero-order valence-electron chi connectivity index (χ0n) is 18.5. The van der Waals surface area contributed by atoms with Crippen LogP contribution in [0.1, 0.15) is 121 Å². The smallest absolute Gasteiger partial charge is 0.0387 e. The fourth-order valence-electron chi connectivity index (χ4n) is 3.72. The second-order valence-corrected chi connectivity index (χ2v) is 9.41. The molecule has 0 fully saturated rings. The predicted molar refractivity (Wildman–Crippen MR) is 124 cm³/mol. The molecule has 0 saturated carbocycles. The molecule has 1 rings (SSSR count). The molecule has 0 spiro atoms. The summed E-state index contributed by atoms with van der Waals surface area (Å²) in [6.45, 7) is 6.47. The maximum atomic E-state index is 4.45. The van der Waals surface area contributed by atoms with Crippen LogP contribution in [0, 0.1) is 13.8 Å². The monoisotopic (exact) mass is 391 g/mol. The lowest BCUT2D eigenvalue weighted by Gasteiger charge is -2.05. The van der Waals surface area contributed by atoms with Gasteiger partial charge in [-0.25, -0.2) is 0 Å². The summed E-state index contributed by atoms with van der Waals surface area (Å²) in [4.78, 5) is 5.84. The average Bonchev–Trinajstić information content (AvgIpc) is 2.63. The average molecular weight is 392 g/mol. The third-order valence-electron chi connectivity index (χ3n) is 5.32. The van der Waals surface area contributed by atoms with Crippen LogP contribution < -0.4 is 0 Å². The molecule has 0 aromatic carbocycles. The fraction of sp³-hybridized carbons (Fsp3) is 0.800. The lowest BCUT2D eigenvalue weighted by Crippen LogP contribution is -1.88. The minimum absolute atomic E-state index is 1.14. The molecule has 1 heterocycles. The Kier molecular flexibility index (Phi) is 16.0. The minimum atomic E-state index is 1.14. The largest absolute Gasteiger partial charge is 0.258 e. The van der Waals surface area contributed by atoms with Crippen molar-refractivity contribution in [3.8, 4) is 0 Å². The normalized spacial score (nSPS) is 11.2. The zero-order chi connectivity index (χ0) is 19.6. The molecule has 0 radical (unpaired) electrons. The van der Waals surface area contributed by atoms with E-state index < -0.39 is 0 Å². The predicted octanol–water partition coefficient (Wildman–Crippen LogP) is 9.05. The molecule has 0 aliphatic rings. The van der Waals surface area contributed by atoms with Crippen LogP contribution in [0.15, 0.2) is 17.0 Å². The summed E-state index contributed by atoms with van der Waals surface area (Å²) in [5, 5.41) is 0. The van der Waals surface area contributed by atoms with Gasteiger partial charge in [-0.3, -0.25) is 4.98 Å². The summed E-state index contributed by atoms with van der Waals surface area (Å²) in [6, 6.07) is 4.42. The van der Waals surface area contributed by atoms with Gasteiger partial charge in [0, 0.05) is 16.3 Å². The molecule has 156 valence electrons. The molecule has 1 aromatic rings. The van der Waals surface area contributed by atoms with E-state index in [-0.39, 0.29) is 0 Å². The Bertz CT molecular complexity index is 437. The van der Waals surface area contributed by atoms with Gasteiger partial charge in [0.2, 0.25) is 0 Å². The lowest BCUT2D eigenvalue weighted by atomic mass is 10.0. The molecule has 1 aromatic heterocycles. The standard InChI is InChI=1S/C25H45NS/c1-4-5-6-7-8-9-10-11-12-13-14-15-16-17-18-19-20-27-25-21-23(2)26-24(3)22-25/h21-22H,4-20H2,1-3H3. The summed E-state index contributed by atoms with van der Waals surface area (Å²) >= 11 is 2.00. The SMILES string of the molecule is CCCCCCCCCCCCCCCCCCSc1cc(C)nc(C)c1. The maximum absolute atomic E-state index is 4.45. The number of hydrogen-bond acceptors (Lipinski definition) is 2. The van der Waals surface area contributed by atoms with Crippen LogP contribution in [0.3, 0.4) is 0 Å². The van der Waals surface area contributed by atoms with E-state index in [1.54, 1.807) is 0 Å². The van der Waals surface area contributed by atoms with Crippen LogP contribution in [0.4, 0.5) is 0 Å². The quantitative estimate of drug-likeness (QED) is 0.183. The number of nitrogens with zero attached hydrogens (tertiary/aromatic N) is 1. The van der Waals surface area contributed by atoms with Gasteiger partial charge in [0.05, 0.1) is 0 Å². The number of thioether (sulfide) groups is 1. The molecule has 1 nitrogen and oxygen atoms in total. The van der Waals surface area contributed by atoms with Crippen molar-refractivity contribution < 1.29 is 0 Å². The van der Waals surface area contributed by atoms with Crippen molar-refractivity contribution in [1.82, 2.24) is 4.98 Å². The Balaban J connectivity index is 1.78. The highest BCUT2D eigenvalue weighted by molar-refractivity contribution is 7.99. The second-order valence-electron chi connectivity index (χ2n) is 8.24. The van der Waals surface area contributed by atoms with Crippen LogP contribution in [0.25, 0.3) is 0 Å². The van der Waals surface area contributed by atoms with Gasteiger partial charge in [-0.1, -0.05) is 103 Å². The van der Waals surface area contributed by atoms with Gasteiger partial charge >= 0.3 is 0 Å². The highest BCUT2D eigenvalue weighted by Gasteiger charge is 1.99. The van der Waals surface area contributed by atoms with Crippen molar-refractivity contribution in [2.75, 3.05) is 5.75 Å². The Morgan fingerprint density at radius 3 is 1.37 bits per heavy atom. The molecule has 0 aliphatic heterocycles. The van der Waals surface area contributed by atoms with Gasteiger partial charge in [-0.05, 0) is 38.2 Å². The highest BCUT2D eigenvalue weighted by Crippen LogP contribution is 2.21. The molecule has 0 bridgehead atoms. The van der Waals surface area contributed by atoms with Crippen LogP contribution in [-0.2, 0) is 0 Å². The molecule has 27 heavy (non-hydrogen) atoms. The van der Waals surface area contributed by atoms with Gasteiger partial charge in [-0.15, -0.1) is 11.8 Å². The van der Waals surface area contributed by atoms with Crippen molar-refractivity contribution in [2.45, 2.75) is 128 Å². The first-order valence-corrected chi connectivity index (χ1v) is 12.8. The van der Waals surface area contributed by atoms with Gasteiger partial charge in [-0.2, -0.15) is 0 Å². The summed E-state index contributed by atoms with van der Waals surface area (Å²) in [6.07, 6.45) is 23.1. The first-order chi connectivity index (χ1) is 13.2. The molecule has 0 unspecified atom stereocenters. The minimum Gasteiger partial charge on any atom is -0.258 e. The fourth-order valence-corrected chi connectivity index (χ4v) is 4.81. The molecule has 2 heteroatoms. The van der Waals surface area contributed by atoms with Crippen molar-refractivity contribution in [2.24, 2.45) is 0 Å².